The number of hydrogen-bond donors (Lipinski definition) is 2. The number of methoxy groups -OCH3 is 1. The zero-order valence-corrected chi connectivity index (χ0v) is 18.5. The number of ether oxygens (including phenoxy) is 1. The second-order valence-electron chi connectivity index (χ2n) is 7.88. The highest BCUT2D eigenvalue weighted by molar-refractivity contribution is 5.99. The number of nitrogens with one attached hydrogen (secondary N) is 2. The van der Waals surface area contributed by atoms with Crippen molar-refractivity contribution < 1.29 is 14.3 Å². The minimum atomic E-state index is -0.270. The topological polar surface area (TPSA) is 70.7 Å². The molecule has 0 fully saturated rings. The fourth-order valence-corrected chi connectivity index (χ4v) is 3.90. The molecule has 6 nitrogen and oxygen atoms in total. The van der Waals surface area contributed by atoms with Gasteiger partial charge in [0.25, 0.3) is 11.8 Å². The molecule has 2 amide bonds. The summed E-state index contributed by atoms with van der Waals surface area (Å²) >= 11 is 0. The van der Waals surface area contributed by atoms with Gasteiger partial charge in [0.05, 0.1) is 0 Å². The monoisotopic (exact) mass is 423 g/mol. The van der Waals surface area contributed by atoms with Crippen LogP contribution in [0.2, 0.25) is 0 Å². The zero-order valence-electron chi connectivity index (χ0n) is 18.5. The molecule has 1 heterocycles. The first-order chi connectivity index (χ1) is 15.2. The Morgan fingerprint density at radius 3 is 2.71 bits per heavy atom. The van der Waals surface area contributed by atoms with Gasteiger partial charge in [-0.1, -0.05) is 50.5 Å². The summed E-state index contributed by atoms with van der Waals surface area (Å²) in [6.45, 7) is 4.05. The summed E-state index contributed by atoms with van der Waals surface area (Å²) in [7, 11) is 1.66. The summed E-state index contributed by atoms with van der Waals surface area (Å²) in [6.07, 6.45) is 4.98. The third-order valence-electron chi connectivity index (χ3n) is 5.55. The van der Waals surface area contributed by atoms with Crippen molar-refractivity contribution in [3.63, 3.8) is 0 Å². The lowest BCUT2D eigenvalue weighted by Gasteiger charge is -2.27. The van der Waals surface area contributed by atoms with E-state index in [0.29, 0.717) is 25.3 Å². The maximum absolute atomic E-state index is 12.9. The molecule has 0 aromatic heterocycles. The van der Waals surface area contributed by atoms with Crippen molar-refractivity contribution in [2.24, 2.45) is 0 Å². The summed E-state index contributed by atoms with van der Waals surface area (Å²) in [4.78, 5) is 27.3. The lowest BCUT2D eigenvalue weighted by Crippen LogP contribution is -2.33. The zero-order chi connectivity index (χ0) is 22.1. The van der Waals surface area contributed by atoms with E-state index in [1.807, 2.05) is 53.4 Å². The molecule has 0 aliphatic carbocycles. The number of anilines is 1. The van der Waals surface area contributed by atoms with Gasteiger partial charge in [-0.25, -0.2) is 0 Å². The first-order valence-electron chi connectivity index (χ1n) is 11.2. The SMILES string of the molecule is CCCCCCNC(=O)c1cccc(N[C@H]2c3ccccc3C(=O)N2CCCOC)c1. The summed E-state index contributed by atoms with van der Waals surface area (Å²) in [5, 5.41) is 6.47. The Hall–Kier alpha value is -2.86. The van der Waals surface area contributed by atoms with Gasteiger partial charge in [-0.2, -0.15) is 0 Å². The third-order valence-corrected chi connectivity index (χ3v) is 5.55. The lowest BCUT2D eigenvalue weighted by molar-refractivity contribution is 0.0721. The quantitative estimate of drug-likeness (QED) is 0.490. The smallest absolute Gasteiger partial charge is 0.256 e. The van der Waals surface area contributed by atoms with E-state index in [1.165, 1.54) is 12.8 Å². The Morgan fingerprint density at radius 2 is 1.90 bits per heavy atom. The van der Waals surface area contributed by atoms with Crippen LogP contribution in [0.15, 0.2) is 48.5 Å². The predicted octanol–water partition coefficient (Wildman–Crippen LogP) is 4.60. The van der Waals surface area contributed by atoms with Crippen LogP contribution < -0.4 is 10.6 Å². The summed E-state index contributed by atoms with van der Waals surface area (Å²) < 4.78 is 5.16. The highest BCUT2D eigenvalue weighted by atomic mass is 16.5. The van der Waals surface area contributed by atoms with Crippen molar-refractivity contribution in [2.45, 2.75) is 45.2 Å². The van der Waals surface area contributed by atoms with Crippen molar-refractivity contribution in [1.29, 1.82) is 0 Å². The fourth-order valence-electron chi connectivity index (χ4n) is 3.90. The van der Waals surface area contributed by atoms with E-state index in [0.717, 1.165) is 36.1 Å². The van der Waals surface area contributed by atoms with E-state index < -0.39 is 0 Å². The summed E-state index contributed by atoms with van der Waals surface area (Å²) in [5.41, 5.74) is 3.10. The van der Waals surface area contributed by atoms with E-state index in [2.05, 4.69) is 17.6 Å². The van der Waals surface area contributed by atoms with Crippen molar-refractivity contribution in [3.05, 3.63) is 65.2 Å². The first-order valence-corrected chi connectivity index (χ1v) is 11.2. The molecule has 3 rings (SSSR count). The van der Waals surface area contributed by atoms with Gasteiger partial charge >= 0.3 is 0 Å². The van der Waals surface area contributed by atoms with E-state index in [1.54, 1.807) is 7.11 Å². The van der Waals surface area contributed by atoms with Crippen LogP contribution in [-0.2, 0) is 4.74 Å². The molecule has 1 aliphatic heterocycles. The van der Waals surface area contributed by atoms with E-state index in [-0.39, 0.29) is 18.0 Å². The third kappa shape index (κ3) is 5.85. The van der Waals surface area contributed by atoms with Gasteiger partial charge < -0.3 is 20.3 Å². The molecular formula is C25H33N3O3. The van der Waals surface area contributed by atoms with Crippen LogP contribution in [-0.4, -0.2) is 43.5 Å². The minimum absolute atomic E-state index is 0.0187. The fraction of sp³-hybridized carbons (Fsp3) is 0.440. The normalized spacial score (nSPS) is 15.1. The maximum atomic E-state index is 12.9. The Labute approximate surface area is 185 Å². The molecule has 0 bridgehead atoms. The molecule has 0 spiro atoms. The number of benzene rings is 2. The van der Waals surface area contributed by atoms with Crippen LogP contribution in [0.25, 0.3) is 0 Å². The number of carbonyl (C=O) groups is 2. The molecule has 2 N–H and O–H groups in total. The second kappa shape index (κ2) is 11.5. The molecule has 6 heteroatoms. The minimum Gasteiger partial charge on any atom is -0.385 e. The average molecular weight is 424 g/mol. The number of amides is 2. The standard InChI is InChI=1S/C25H33N3O3/c1-3-4-5-8-15-26-24(29)19-11-9-12-20(18-19)27-23-21-13-6-7-14-22(21)25(30)28(23)16-10-17-31-2/h6-7,9,11-14,18,23,27H,3-5,8,10,15-17H2,1-2H3,(H,26,29)/t23-/m1/s1. The lowest BCUT2D eigenvalue weighted by atomic mass is 10.1. The second-order valence-corrected chi connectivity index (χ2v) is 7.88. The van der Waals surface area contributed by atoms with Gasteiger partial charge in [0.2, 0.25) is 0 Å². The van der Waals surface area contributed by atoms with E-state index >= 15 is 0 Å². The van der Waals surface area contributed by atoms with Gasteiger partial charge in [-0.15, -0.1) is 0 Å². The molecule has 1 aliphatic rings. The van der Waals surface area contributed by atoms with Crippen molar-refractivity contribution >= 4 is 17.5 Å². The highest BCUT2D eigenvalue weighted by Crippen LogP contribution is 2.34. The number of fused-ring (bicyclic) bond motifs is 1. The Morgan fingerprint density at radius 1 is 1.06 bits per heavy atom. The van der Waals surface area contributed by atoms with Gasteiger partial charge in [0.1, 0.15) is 6.17 Å². The molecule has 2 aromatic rings. The van der Waals surface area contributed by atoms with Gasteiger partial charge in [0, 0.05) is 49.2 Å². The van der Waals surface area contributed by atoms with Crippen LogP contribution in [0.4, 0.5) is 5.69 Å². The van der Waals surface area contributed by atoms with Crippen molar-refractivity contribution in [1.82, 2.24) is 10.2 Å². The number of unbranched alkanes of at least 4 members (excludes halogenated alkanes) is 3. The summed E-state index contributed by atoms with van der Waals surface area (Å²) in [5.74, 6) is -0.0508. The van der Waals surface area contributed by atoms with Crippen LogP contribution in [0.1, 0.15) is 71.5 Å². The molecule has 0 saturated carbocycles. The predicted molar refractivity (Wildman–Crippen MR) is 123 cm³/mol. The summed E-state index contributed by atoms with van der Waals surface area (Å²) in [6, 6.07) is 15.1. The molecule has 2 aromatic carbocycles. The van der Waals surface area contributed by atoms with E-state index in [9.17, 15) is 9.59 Å². The van der Waals surface area contributed by atoms with E-state index in [4.69, 9.17) is 4.74 Å². The van der Waals surface area contributed by atoms with Crippen molar-refractivity contribution in [3.8, 4) is 0 Å². The van der Waals surface area contributed by atoms with Gasteiger partial charge in [0.15, 0.2) is 0 Å². The van der Waals surface area contributed by atoms with Crippen LogP contribution >= 0.6 is 0 Å². The highest BCUT2D eigenvalue weighted by Gasteiger charge is 2.36. The molecule has 0 unspecified atom stereocenters. The largest absolute Gasteiger partial charge is 0.385 e. The molecular weight excluding hydrogens is 390 g/mol. The van der Waals surface area contributed by atoms with Crippen LogP contribution in [0.5, 0.6) is 0 Å². The average Bonchev–Trinajstić information content (AvgIpc) is 3.05. The molecule has 0 saturated heterocycles. The first kappa shape index (κ1) is 22.8. The molecule has 31 heavy (non-hydrogen) atoms. The van der Waals surface area contributed by atoms with Crippen molar-refractivity contribution in [2.75, 3.05) is 32.1 Å². The number of rotatable bonds is 12. The molecule has 0 radical (unpaired) electrons. The molecule has 166 valence electrons. The number of carbonyl (C=O) groups excluding carboxylic acids is 2. The maximum Gasteiger partial charge on any atom is 0.256 e. The Balaban J connectivity index is 1.70. The van der Waals surface area contributed by atoms with Gasteiger partial charge in [-0.3, -0.25) is 9.59 Å². The van der Waals surface area contributed by atoms with Crippen LogP contribution in [0, 0.1) is 0 Å². The Kier molecular flexibility index (Phi) is 8.47. The Bertz CT molecular complexity index is 884. The van der Waals surface area contributed by atoms with Crippen LogP contribution in [0.3, 0.4) is 0 Å². The number of hydrogen-bond acceptors (Lipinski definition) is 4. The molecule has 1 atom stereocenters. The number of nitrogens with zero attached hydrogens (tertiary/aromatic N) is 1. The van der Waals surface area contributed by atoms with Gasteiger partial charge in [-0.05, 0) is 37.1 Å².